The molecule has 1 aliphatic heterocycles. The van der Waals surface area contributed by atoms with Gasteiger partial charge >= 0.3 is 18.1 Å². The number of fused-ring (bicyclic) bond motifs is 1. The van der Waals surface area contributed by atoms with Crippen LogP contribution in [0, 0.1) is 16.7 Å². The SMILES string of the molecule is CCC(C)(C)C(=O)OC(C)CC(C)(O)C(F)(F)F.CCC(C)(C)C(=O)OCC1CCC2OC2C1. The van der Waals surface area contributed by atoms with Gasteiger partial charge in [-0.1, -0.05) is 13.8 Å². The van der Waals surface area contributed by atoms with E-state index in [1.54, 1.807) is 20.8 Å². The molecule has 2 fully saturated rings. The van der Waals surface area contributed by atoms with E-state index in [0.717, 1.165) is 25.7 Å². The number of epoxide rings is 1. The van der Waals surface area contributed by atoms with E-state index in [1.807, 2.05) is 20.8 Å². The highest BCUT2D eigenvalue weighted by Crippen LogP contribution is 2.39. The van der Waals surface area contributed by atoms with Crippen molar-refractivity contribution in [3.63, 3.8) is 0 Å². The first-order valence-electron chi connectivity index (χ1n) is 12.2. The molecule has 5 atom stereocenters. The van der Waals surface area contributed by atoms with E-state index in [2.05, 4.69) is 0 Å². The Kier molecular flexibility index (Phi) is 10.5. The highest BCUT2D eigenvalue weighted by Gasteiger charge is 2.51. The summed E-state index contributed by atoms with van der Waals surface area (Å²) >= 11 is 0. The molecule has 2 aliphatic rings. The molecule has 200 valence electrons. The molecule has 1 heterocycles. The van der Waals surface area contributed by atoms with E-state index in [0.29, 0.717) is 38.1 Å². The van der Waals surface area contributed by atoms with Crippen LogP contribution in [0.2, 0.25) is 0 Å². The van der Waals surface area contributed by atoms with E-state index in [4.69, 9.17) is 14.2 Å². The minimum absolute atomic E-state index is 0.0613. The normalized spacial score (nSPS) is 25.1. The van der Waals surface area contributed by atoms with Crippen molar-refractivity contribution in [1.82, 2.24) is 0 Å². The first-order valence-corrected chi connectivity index (χ1v) is 12.2. The molecule has 0 radical (unpaired) electrons. The monoisotopic (exact) mass is 496 g/mol. The van der Waals surface area contributed by atoms with Crippen molar-refractivity contribution in [3.8, 4) is 0 Å². The first-order chi connectivity index (χ1) is 15.4. The summed E-state index contributed by atoms with van der Waals surface area (Å²) < 4.78 is 53.1. The van der Waals surface area contributed by atoms with Gasteiger partial charge in [0.05, 0.1) is 29.6 Å². The van der Waals surface area contributed by atoms with Crippen LogP contribution < -0.4 is 0 Å². The van der Waals surface area contributed by atoms with Crippen LogP contribution >= 0.6 is 0 Å². The molecule has 1 saturated heterocycles. The largest absolute Gasteiger partial charge is 0.465 e. The van der Waals surface area contributed by atoms with E-state index in [9.17, 15) is 27.9 Å². The van der Waals surface area contributed by atoms with Crippen LogP contribution in [0.15, 0.2) is 0 Å². The predicted octanol–water partition coefficient (Wildman–Crippen LogP) is 5.59. The van der Waals surface area contributed by atoms with Crippen LogP contribution in [0.4, 0.5) is 13.2 Å². The van der Waals surface area contributed by atoms with Crippen molar-refractivity contribution in [2.75, 3.05) is 6.61 Å². The van der Waals surface area contributed by atoms with Crippen molar-refractivity contribution < 1.29 is 42.1 Å². The maximum atomic E-state index is 12.4. The number of ether oxygens (including phenoxy) is 3. The minimum Gasteiger partial charge on any atom is -0.465 e. The molecule has 34 heavy (non-hydrogen) atoms. The Morgan fingerprint density at radius 3 is 1.97 bits per heavy atom. The average Bonchev–Trinajstić information content (AvgIpc) is 3.49. The molecular formula is C25H43F3O6. The molecule has 1 saturated carbocycles. The molecule has 0 aromatic heterocycles. The number of carbonyl (C=O) groups is 2. The highest BCUT2D eigenvalue weighted by molar-refractivity contribution is 5.76. The Hall–Kier alpha value is -1.35. The molecule has 0 bridgehead atoms. The third-order valence-electron chi connectivity index (χ3n) is 7.04. The quantitative estimate of drug-likeness (QED) is 0.331. The second-order valence-electron chi connectivity index (χ2n) is 11.2. The maximum absolute atomic E-state index is 12.4. The van der Waals surface area contributed by atoms with Crippen LogP contribution in [0.5, 0.6) is 0 Å². The predicted molar refractivity (Wildman–Crippen MR) is 122 cm³/mol. The number of rotatable bonds is 9. The van der Waals surface area contributed by atoms with Gasteiger partial charge in [0.25, 0.3) is 0 Å². The lowest BCUT2D eigenvalue weighted by Crippen LogP contribution is -2.45. The van der Waals surface area contributed by atoms with Crippen molar-refractivity contribution in [3.05, 3.63) is 0 Å². The molecule has 0 aromatic carbocycles. The van der Waals surface area contributed by atoms with Gasteiger partial charge in [0, 0.05) is 6.42 Å². The molecule has 0 spiro atoms. The zero-order chi connectivity index (χ0) is 26.5. The van der Waals surface area contributed by atoms with Crippen molar-refractivity contribution >= 4 is 11.9 Å². The Morgan fingerprint density at radius 1 is 0.971 bits per heavy atom. The Bertz CT molecular complexity index is 687. The van der Waals surface area contributed by atoms with Gasteiger partial charge in [0.1, 0.15) is 6.10 Å². The van der Waals surface area contributed by atoms with Gasteiger partial charge in [-0.15, -0.1) is 0 Å². The zero-order valence-electron chi connectivity index (χ0n) is 21.9. The smallest absolute Gasteiger partial charge is 0.417 e. The van der Waals surface area contributed by atoms with Crippen LogP contribution in [0.1, 0.15) is 93.9 Å². The lowest BCUT2D eigenvalue weighted by Gasteiger charge is -2.30. The van der Waals surface area contributed by atoms with E-state index in [1.165, 1.54) is 6.92 Å². The molecular weight excluding hydrogens is 453 g/mol. The van der Waals surface area contributed by atoms with Gasteiger partial charge in [0.15, 0.2) is 5.60 Å². The fraction of sp³-hybridized carbons (Fsp3) is 0.920. The number of alkyl halides is 3. The lowest BCUT2D eigenvalue weighted by atomic mass is 9.89. The zero-order valence-corrected chi connectivity index (χ0v) is 21.9. The van der Waals surface area contributed by atoms with Crippen LogP contribution in [-0.2, 0) is 23.8 Å². The molecule has 5 unspecified atom stereocenters. The Labute approximate surface area is 201 Å². The summed E-state index contributed by atoms with van der Waals surface area (Å²) in [6.45, 7) is 13.6. The van der Waals surface area contributed by atoms with Gasteiger partial charge in [0.2, 0.25) is 0 Å². The lowest BCUT2D eigenvalue weighted by molar-refractivity contribution is -0.261. The molecule has 0 amide bonds. The molecule has 9 heteroatoms. The summed E-state index contributed by atoms with van der Waals surface area (Å²) in [7, 11) is 0. The van der Waals surface area contributed by atoms with Crippen molar-refractivity contribution in [2.24, 2.45) is 16.7 Å². The first kappa shape index (κ1) is 30.7. The Balaban J connectivity index is 0.000000341. The molecule has 2 rings (SSSR count). The van der Waals surface area contributed by atoms with Crippen LogP contribution in [-0.4, -0.2) is 53.7 Å². The maximum Gasteiger partial charge on any atom is 0.417 e. The molecule has 1 N–H and O–H groups in total. The minimum atomic E-state index is -4.74. The molecule has 6 nitrogen and oxygen atoms in total. The summed E-state index contributed by atoms with van der Waals surface area (Å²) in [5, 5.41) is 9.28. The Morgan fingerprint density at radius 2 is 1.50 bits per heavy atom. The fourth-order valence-electron chi connectivity index (χ4n) is 3.38. The summed E-state index contributed by atoms with van der Waals surface area (Å²) in [5.41, 5.74) is -3.94. The van der Waals surface area contributed by atoms with Gasteiger partial charge in [-0.3, -0.25) is 9.59 Å². The topological polar surface area (TPSA) is 85.4 Å². The molecule has 1 aliphatic carbocycles. The summed E-state index contributed by atoms with van der Waals surface area (Å²) in [6.07, 6.45) is -0.722. The van der Waals surface area contributed by atoms with E-state index in [-0.39, 0.29) is 11.4 Å². The number of esters is 2. The number of carbonyl (C=O) groups excluding carboxylic acids is 2. The third kappa shape index (κ3) is 9.02. The number of hydrogen-bond donors (Lipinski definition) is 1. The third-order valence-corrected chi connectivity index (χ3v) is 7.04. The van der Waals surface area contributed by atoms with Gasteiger partial charge in [-0.05, 0) is 79.6 Å². The van der Waals surface area contributed by atoms with Crippen molar-refractivity contribution in [1.29, 1.82) is 0 Å². The van der Waals surface area contributed by atoms with E-state index >= 15 is 0 Å². The summed E-state index contributed by atoms with van der Waals surface area (Å²) in [6, 6.07) is 0. The van der Waals surface area contributed by atoms with E-state index < -0.39 is 35.7 Å². The van der Waals surface area contributed by atoms with Gasteiger partial charge < -0.3 is 19.3 Å². The molecule has 0 aromatic rings. The number of aliphatic hydroxyl groups is 1. The van der Waals surface area contributed by atoms with Gasteiger partial charge in [-0.25, -0.2) is 0 Å². The summed E-state index contributed by atoms with van der Waals surface area (Å²) in [5.74, 6) is -0.107. The highest BCUT2D eigenvalue weighted by atomic mass is 19.4. The second-order valence-corrected chi connectivity index (χ2v) is 11.2. The van der Waals surface area contributed by atoms with Crippen LogP contribution in [0.3, 0.4) is 0 Å². The van der Waals surface area contributed by atoms with Gasteiger partial charge in [-0.2, -0.15) is 13.2 Å². The van der Waals surface area contributed by atoms with Crippen molar-refractivity contribution in [2.45, 2.75) is 124 Å². The number of hydrogen-bond acceptors (Lipinski definition) is 6. The summed E-state index contributed by atoms with van der Waals surface area (Å²) in [4.78, 5) is 23.4. The fourth-order valence-corrected chi connectivity index (χ4v) is 3.38. The number of halogens is 3. The van der Waals surface area contributed by atoms with Crippen LogP contribution in [0.25, 0.3) is 0 Å². The second kappa shape index (κ2) is 11.6. The average molecular weight is 497 g/mol. The standard InChI is InChI=1S/C13H22O3.C12H21F3O3/c1-4-13(2,3)12(14)15-8-9-5-6-10-11(7-9)16-10;1-6-10(3,4)9(16)18-8(2)7-11(5,17)12(13,14)15/h9-11H,4-8H2,1-3H3;8,17H,6-7H2,1-5H3.